The van der Waals surface area contributed by atoms with Crippen LogP contribution in [0.1, 0.15) is 19.0 Å². The maximum Gasteiger partial charge on any atom is 0.303 e. The number of benzene rings is 1. The van der Waals surface area contributed by atoms with Gasteiger partial charge in [0.05, 0.1) is 20.1 Å². The largest absolute Gasteiger partial charge is 0.493 e. The highest BCUT2D eigenvalue weighted by molar-refractivity contribution is 5.67. The third-order valence-electron chi connectivity index (χ3n) is 2.97. The number of methoxy groups -OCH3 is 1. The maximum absolute atomic E-state index is 10.6. The number of carbonyl (C=O) groups is 1. The normalized spacial score (nSPS) is 10.4. The zero-order valence-electron chi connectivity index (χ0n) is 12.0. The van der Waals surface area contributed by atoms with E-state index in [4.69, 9.17) is 14.6 Å². The SMILES string of the molecule is CCOc1cc(-c2ncc(CCC(=O)O)[nH]2)ccc1OC. The van der Waals surface area contributed by atoms with Gasteiger partial charge in [-0.1, -0.05) is 0 Å². The van der Waals surface area contributed by atoms with Gasteiger partial charge in [-0.3, -0.25) is 4.79 Å². The molecular weight excluding hydrogens is 272 g/mol. The molecular formula is C15H18N2O4. The zero-order chi connectivity index (χ0) is 15.2. The summed E-state index contributed by atoms with van der Waals surface area (Å²) in [6, 6.07) is 5.54. The van der Waals surface area contributed by atoms with Crippen molar-refractivity contribution in [2.75, 3.05) is 13.7 Å². The number of nitrogens with one attached hydrogen (secondary N) is 1. The number of hydrogen-bond donors (Lipinski definition) is 2. The highest BCUT2D eigenvalue weighted by Gasteiger charge is 2.10. The molecule has 1 heterocycles. The Kier molecular flexibility index (Phi) is 4.81. The van der Waals surface area contributed by atoms with Gasteiger partial charge in [-0.25, -0.2) is 4.98 Å². The fourth-order valence-corrected chi connectivity index (χ4v) is 1.97. The van der Waals surface area contributed by atoms with Gasteiger partial charge in [0.1, 0.15) is 5.82 Å². The number of nitrogens with zero attached hydrogens (tertiary/aromatic N) is 1. The summed E-state index contributed by atoms with van der Waals surface area (Å²) in [5, 5.41) is 8.69. The lowest BCUT2D eigenvalue weighted by atomic mass is 10.2. The van der Waals surface area contributed by atoms with E-state index in [2.05, 4.69) is 9.97 Å². The number of ether oxygens (including phenoxy) is 2. The average molecular weight is 290 g/mol. The van der Waals surface area contributed by atoms with Gasteiger partial charge >= 0.3 is 5.97 Å². The molecule has 0 saturated carbocycles. The Hall–Kier alpha value is -2.50. The van der Waals surface area contributed by atoms with Crippen molar-refractivity contribution in [3.63, 3.8) is 0 Å². The fourth-order valence-electron chi connectivity index (χ4n) is 1.97. The van der Waals surface area contributed by atoms with Crippen LogP contribution in [0.25, 0.3) is 11.4 Å². The lowest BCUT2D eigenvalue weighted by molar-refractivity contribution is -0.136. The van der Waals surface area contributed by atoms with Crippen LogP contribution in [0.3, 0.4) is 0 Å². The number of carboxylic acids is 1. The predicted octanol–water partition coefficient (Wildman–Crippen LogP) is 2.50. The molecule has 0 radical (unpaired) electrons. The summed E-state index contributed by atoms with van der Waals surface area (Å²) < 4.78 is 10.8. The second kappa shape index (κ2) is 6.78. The summed E-state index contributed by atoms with van der Waals surface area (Å²) in [6.07, 6.45) is 2.16. The number of rotatable bonds is 7. The van der Waals surface area contributed by atoms with E-state index < -0.39 is 5.97 Å². The van der Waals surface area contributed by atoms with Gasteiger partial charge in [0.2, 0.25) is 0 Å². The van der Waals surface area contributed by atoms with Crippen molar-refractivity contribution < 1.29 is 19.4 Å². The van der Waals surface area contributed by atoms with Crippen LogP contribution in [-0.4, -0.2) is 34.8 Å². The lowest BCUT2D eigenvalue weighted by Gasteiger charge is -2.10. The summed E-state index contributed by atoms with van der Waals surface area (Å²) in [5.74, 6) is 1.17. The Morgan fingerprint density at radius 1 is 1.38 bits per heavy atom. The van der Waals surface area contributed by atoms with Gasteiger partial charge in [-0.05, 0) is 31.5 Å². The Labute approximate surface area is 122 Å². The second-order valence-electron chi connectivity index (χ2n) is 4.45. The van der Waals surface area contributed by atoms with Crippen LogP contribution in [0, 0.1) is 0 Å². The van der Waals surface area contributed by atoms with Crippen LogP contribution in [0.4, 0.5) is 0 Å². The molecule has 0 unspecified atom stereocenters. The van der Waals surface area contributed by atoms with E-state index in [-0.39, 0.29) is 6.42 Å². The molecule has 1 aromatic heterocycles. The summed E-state index contributed by atoms with van der Waals surface area (Å²) in [4.78, 5) is 18.0. The van der Waals surface area contributed by atoms with Crippen LogP contribution in [0.2, 0.25) is 0 Å². The van der Waals surface area contributed by atoms with Crippen molar-refractivity contribution >= 4 is 5.97 Å². The highest BCUT2D eigenvalue weighted by atomic mass is 16.5. The molecule has 0 saturated heterocycles. The summed E-state index contributed by atoms with van der Waals surface area (Å²) in [6.45, 7) is 2.45. The van der Waals surface area contributed by atoms with Crippen LogP contribution in [-0.2, 0) is 11.2 Å². The van der Waals surface area contributed by atoms with Crippen LogP contribution >= 0.6 is 0 Å². The molecule has 0 amide bonds. The summed E-state index contributed by atoms with van der Waals surface area (Å²) in [7, 11) is 1.59. The second-order valence-corrected chi connectivity index (χ2v) is 4.45. The highest BCUT2D eigenvalue weighted by Crippen LogP contribution is 2.31. The molecule has 2 rings (SSSR count). The van der Waals surface area contributed by atoms with E-state index in [1.165, 1.54) is 0 Å². The number of aromatic amines is 1. The Morgan fingerprint density at radius 3 is 2.86 bits per heavy atom. The quantitative estimate of drug-likeness (QED) is 0.818. The number of H-pyrrole nitrogens is 1. The molecule has 0 aliphatic heterocycles. The molecule has 0 fully saturated rings. The van der Waals surface area contributed by atoms with Crippen molar-refractivity contribution in [3.8, 4) is 22.9 Å². The molecule has 0 aliphatic carbocycles. The van der Waals surface area contributed by atoms with Gasteiger partial charge in [-0.15, -0.1) is 0 Å². The first-order valence-corrected chi connectivity index (χ1v) is 6.71. The van der Waals surface area contributed by atoms with Gasteiger partial charge < -0.3 is 19.6 Å². The first-order valence-electron chi connectivity index (χ1n) is 6.71. The van der Waals surface area contributed by atoms with Crippen molar-refractivity contribution in [3.05, 3.63) is 30.1 Å². The van der Waals surface area contributed by atoms with Crippen LogP contribution in [0.5, 0.6) is 11.5 Å². The van der Waals surface area contributed by atoms with E-state index in [1.807, 2.05) is 25.1 Å². The van der Waals surface area contributed by atoms with E-state index in [0.29, 0.717) is 30.4 Å². The van der Waals surface area contributed by atoms with Crippen molar-refractivity contribution in [2.24, 2.45) is 0 Å². The molecule has 2 aromatic rings. The van der Waals surface area contributed by atoms with Crippen molar-refractivity contribution in [1.29, 1.82) is 0 Å². The topological polar surface area (TPSA) is 84.4 Å². The minimum absolute atomic E-state index is 0.0778. The number of aliphatic carboxylic acids is 1. The lowest BCUT2D eigenvalue weighted by Crippen LogP contribution is -1.97. The first-order chi connectivity index (χ1) is 10.1. The van der Waals surface area contributed by atoms with Crippen LogP contribution < -0.4 is 9.47 Å². The van der Waals surface area contributed by atoms with Crippen LogP contribution in [0.15, 0.2) is 24.4 Å². The van der Waals surface area contributed by atoms with E-state index in [0.717, 1.165) is 11.3 Å². The predicted molar refractivity (Wildman–Crippen MR) is 77.7 cm³/mol. The number of hydrogen-bond acceptors (Lipinski definition) is 4. The third-order valence-corrected chi connectivity index (χ3v) is 2.97. The smallest absolute Gasteiger partial charge is 0.303 e. The number of aryl methyl sites for hydroxylation is 1. The van der Waals surface area contributed by atoms with Crippen molar-refractivity contribution in [1.82, 2.24) is 9.97 Å². The Balaban J connectivity index is 2.21. The van der Waals surface area contributed by atoms with E-state index in [1.54, 1.807) is 13.3 Å². The zero-order valence-corrected chi connectivity index (χ0v) is 12.0. The molecule has 2 N–H and O–H groups in total. The molecule has 112 valence electrons. The third kappa shape index (κ3) is 3.75. The van der Waals surface area contributed by atoms with Crippen molar-refractivity contribution in [2.45, 2.75) is 19.8 Å². The first kappa shape index (κ1) is 14.9. The molecule has 6 nitrogen and oxygen atoms in total. The molecule has 0 atom stereocenters. The minimum atomic E-state index is -0.825. The van der Waals surface area contributed by atoms with Gasteiger partial charge in [-0.2, -0.15) is 0 Å². The van der Waals surface area contributed by atoms with Gasteiger partial charge in [0.25, 0.3) is 0 Å². The Bertz CT molecular complexity index is 622. The van der Waals surface area contributed by atoms with Gasteiger partial charge in [0, 0.05) is 17.5 Å². The monoisotopic (exact) mass is 290 g/mol. The summed E-state index contributed by atoms with van der Waals surface area (Å²) >= 11 is 0. The number of imidazole rings is 1. The average Bonchev–Trinajstić information content (AvgIpc) is 2.94. The molecule has 6 heteroatoms. The molecule has 21 heavy (non-hydrogen) atoms. The Morgan fingerprint density at radius 2 is 2.19 bits per heavy atom. The minimum Gasteiger partial charge on any atom is -0.493 e. The molecule has 0 spiro atoms. The number of carboxylic acid groups (broad SMARTS) is 1. The number of aromatic nitrogens is 2. The molecule has 0 bridgehead atoms. The fraction of sp³-hybridized carbons (Fsp3) is 0.333. The van der Waals surface area contributed by atoms with E-state index in [9.17, 15) is 4.79 Å². The summed E-state index contributed by atoms with van der Waals surface area (Å²) in [5.41, 5.74) is 1.65. The van der Waals surface area contributed by atoms with E-state index >= 15 is 0 Å². The molecule has 0 aliphatic rings. The maximum atomic E-state index is 10.6. The standard InChI is InChI=1S/C15H18N2O4/c1-3-21-13-8-10(4-6-12(13)20-2)15-16-9-11(17-15)5-7-14(18)19/h4,6,8-9H,3,5,7H2,1-2H3,(H,16,17)(H,18,19). The van der Waals surface area contributed by atoms with Gasteiger partial charge in [0.15, 0.2) is 11.5 Å². The molecule has 1 aromatic carbocycles.